The molecule has 3 aromatic heterocycles. The summed E-state index contributed by atoms with van der Waals surface area (Å²) in [5, 5.41) is 3.11. The molecule has 8 rings (SSSR count). The molecule has 1 unspecified atom stereocenters. The minimum Gasteiger partial charge on any atom is -0.355 e. The molecule has 3 N–H and O–H groups in total. The van der Waals surface area contributed by atoms with Crippen LogP contribution in [0.2, 0.25) is 0 Å². The van der Waals surface area contributed by atoms with Crippen LogP contribution in [-0.4, -0.2) is 36.7 Å². The SMILES string of the molecule is CC[C@H]1c2cc3[nH]c4c(c5nc(cc6[nH]c(cc(n2)[C@@H]1C)c(C(C)NCc1cc(C(F)(F)F)cc(C(F)(F)F)c1)c6C)[C@@H](C)[C@@H]5C)C(=O)N(Cc1cc(C(F)(F)F)cc(C(F)(F)F)c1)C(=O)c4c3C. The van der Waals surface area contributed by atoms with Gasteiger partial charge in [0, 0.05) is 69.9 Å². The Hall–Kier alpha value is -6.18. The molecule has 20 heteroatoms. The van der Waals surface area contributed by atoms with E-state index < -0.39 is 88.8 Å². The molecule has 5 atom stereocenters. The highest BCUT2D eigenvalue weighted by Crippen LogP contribution is 2.45. The van der Waals surface area contributed by atoms with Gasteiger partial charge in [-0.2, -0.15) is 52.7 Å². The number of halogens is 12. The van der Waals surface area contributed by atoms with Gasteiger partial charge in [0.05, 0.1) is 51.1 Å². The highest BCUT2D eigenvalue weighted by Gasteiger charge is 2.43. The number of imide groups is 1. The number of aromatic amines is 2. The zero-order valence-corrected chi connectivity index (χ0v) is 37.9. The van der Waals surface area contributed by atoms with Crippen LogP contribution >= 0.6 is 0 Å². The van der Waals surface area contributed by atoms with Crippen molar-refractivity contribution in [3.05, 3.63) is 139 Å². The van der Waals surface area contributed by atoms with E-state index in [1.54, 1.807) is 39.8 Å². The van der Waals surface area contributed by atoms with E-state index >= 15 is 0 Å². The molecular weight excluding hydrogens is 933 g/mol. The minimum atomic E-state index is -5.19. The van der Waals surface area contributed by atoms with Crippen LogP contribution in [-0.2, 0) is 37.8 Å². The summed E-state index contributed by atoms with van der Waals surface area (Å²) in [5.41, 5.74) is -2.15. The van der Waals surface area contributed by atoms with Crippen molar-refractivity contribution < 1.29 is 62.3 Å². The normalized spacial score (nSPS) is 19.4. The molecule has 69 heavy (non-hydrogen) atoms. The predicted octanol–water partition coefficient (Wildman–Crippen LogP) is 13.9. The fourth-order valence-corrected chi connectivity index (χ4v) is 9.71. The first-order valence-electron chi connectivity index (χ1n) is 21.9. The van der Waals surface area contributed by atoms with Crippen LogP contribution in [0, 0.1) is 13.8 Å². The number of hydrogen-bond donors (Lipinski definition) is 3. The molecule has 5 aromatic rings. The first-order valence-corrected chi connectivity index (χ1v) is 21.9. The smallest absolute Gasteiger partial charge is 0.355 e. The summed E-state index contributed by atoms with van der Waals surface area (Å²) >= 11 is 0. The van der Waals surface area contributed by atoms with Crippen molar-refractivity contribution in [1.29, 1.82) is 0 Å². The van der Waals surface area contributed by atoms with Gasteiger partial charge < -0.3 is 15.3 Å². The van der Waals surface area contributed by atoms with Crippen LogP contribution in [0.4, 0.5) is 52.7 Å². The molecule has 0 fully saturated rings. The first kappa shape index (κ1) is 49.2. The third-order valence-electron chi connectivity index (χ3n) is 13.7. The second kappa shape index (κ2) is 17.0. The molecule has 3 aliphatic rings. The van der Waals surface area contributed by atoms with Gasteiger partial charge in [-0.05, 0) is 110 Å². The van der Waals surface area contributed by atoms with E-state index in [-0.39, 0.29) is 58.4 Å². The van der Waals surface area contributed by atoms with Crippen molar-refractivity contribution in [3.8, 4) is 0 Å². The number of nitrogens with zero attached hydrogens (tertiary/aromatic N) is 3. The van der Waals surface area contributed by atoms with Gasteiger partial charge in [-0.3, -0.25) is 24.5 Å². The van der Waals surface area contributed by atoms with Crippen molar-refractivity contribution in [2.75, 3.05) is 0 Å². The fraction of sp³-hybridized carbons (Fsp3) is 0.388. The maximum atomic E-state index is 14.8. The lowest BCUT2D eigenvalue weighted by atomic mass is 9.88. The van der Waals surface area contributed by atoms with E-state index in [2.05, 4.69) is 15.3 Å². The predicted molar refractivity (Wildman–Crippen MR) is 231 cm³/mol. The van der Waals surface area contributed by atoms with Gasteiger partial charge in [-0.1, -0.05) is 27.7 Å². The zero-order valence-electron chi connectivity index (χ0n) is 37.9. The number of rotatable bonds is 7. The Kier molecular flexibility index (Phi) is 12.2. The van der Waals surface area contributed by atoms with Gasteiger partial charge in [-0.15, -0.1) is 0 Å². The molecule has 3 aliphatic heterocycles. The Morgan fingerprint density at radius 1 is 0.594 bits per heavy atom. The summed E-state index contributed by atoms with van der Waals surface area (Å²) in [6.45, 7) is 11.3. The van der Waals surface area contributed by atoms with E-state index in [1.165, 1.54) is 0 Å². The number of carbonyl (C=O) groups is 2. The van der Waals surface area contributed by atoms with Gasteiger partial charge in [0.15, 0.2) is 0 Å². The number of carbonyl (C=O) groups excluding carboxylic acids is 2. The number of aryl methyl sites for hydroxylation is 2. The summed E-state index contributed by atoms with van der Waals surface area (Å²) < 4.78 is 166. The van der Waals surface area contributed by atoms with Crippen molar-refractivity contribution in [2.24, 2.45) is 0 Å². The molecular formula is C49H44F12N6O2. The number of amides is 2. The van der Waals surface area contributed by atoms with Crippen LogP contribution in [0.15, 0.2) is 54.6 Å². The van der Waals surface area contributed by atoms with Crippen LogP contribution < -0.4 is 5.32 Å². The highest BCUT2D eigenvalue weighted by atomic mass is 19.4. The van der Waals surface area contributed by atoms with Crippen LogP contribution in [0.3, 0.4) is 0 Å². The molecule has 0 spiro atoms. The van der Waals surface area contributed by atoms with E-state index in [1.807, 2.05) is 26.8 Å². The first-order chi connectivity index (χ1) is 32.0. The lowest BCUT2D eigenvalue weighted by Gasteiger charge is -2.27. The van der Waals surface area contributed by atoms with Gasteiger partial charge >= 0.3 is 24.7 Å². The Morgan fingerprint density at radius 3 is 1.61 bits per heavy atom. The van der Waals surface area contributed by atoms with E-state index in [9.17, 15) is 62.3 Å². The number of H-pyrrole nitrogens is 2. The van der Waals surface area contributed by atoms with E-state index in [0.29, 0.717) is 85.9 Å². The highest BCUT2D eigenvalue weighted by molar-refractivity contribution is 6.23. The second-order valence-electron chi connectivity index (χ2n) is 18.1. The molecule has 0 radical (unpaired) electrons. The largest absolute Gasteiger partial charge is 0.416 e. The summed E-state index contributed by atoms with van der Waals surface area (Å²) in [4.78, 5) is 46.5. The van der Waals surface area contributed by atoms with Crippen LogP contribution in [0.5, 0.6) is 0 Å². The van der Waals surface area contributed by atoms with Gasteiger partial charge in [-0.25, -0.2) is 0 Å². The monoisotopic (exact) mass is 976 g/mol. The summed E-state index contributed by atoms with van der Waals surface area (Å²) in [6.07, 6.45) is -19.9. The third kappa shape index (κ3) is 9.00. The average Bonchev–Trinajstić information content (AvgIpc) is 3.93. The van der Waals surface area contributed by atoms with E-state index in [4.69, 9.17) is 9.97 Å². The maximum absolute atomic E-state index is 14.8. The molecule has 8 nitrogen and oxygen atoms in total. The average molecular weight is 977 g/mol. The van der Waals surface area contributed by atoms with Crippen molar-refractivity contribution in [1.82, 2.24) is 30.2 Å². The second-order valence-corrected chi connectivity index (χ2v) is 18.1. The number of alkyl halides is 12. The quantitative estimate of drug-likeness (QED) is 0.111. The van der Waals surface area contributed by atoms with Crippen molar-refractivity contribution in [2.45, 2.75) is 122 Å². The number of aromatic nitrogens is 4. The molecule has 0 saturated heterocycles. The number of benzene rings is 2. The van der Waals surface area contributed by atoms with Gasteiger partial charge in [0.25, 0.3) is 11.8 Å². The third-order valence-corrected chi connectivity index (χ3v) is 13.7. The molecule has 6 heterocycles. The Morgan fingerprint density at radius 2 is 1.07 bits per heavy atom. The lowest BCUT2D eigenvalue weighted by Crippen LogP contribution is -2.40. The molecule has 2 aromatic carbocycles. The molecule has 366 valence electrons. The van der Waals surface area contributed by atoms with Gasteiger partial charge in [0.2, 0.25) is 0 Å². The lowest BCUT2D eigenvalue weighted by molar-refractivity contribution is -0.144. The van der Waals surface area contributed by atoms with E-state index in [0.717, 1.165) is 0 Å². The maximum Gasteiger partial charge on any atom is 0.416 e. The number of hydrogen-bond acceptors (Lipinski definition) is 5. The summed E-state index contributed by atoms with van der Waals surface area (Å²) in [6, 6.07) is 6.90. The van der Waals surface area contributed by atoms with Crippen LogP contribution in [0.1, 0.15) is 164 Å². The Labute approximate surface area is 386 Å². The standard InChI is InChI=1S/C49H44F12N6O2/c1-8-32-22(4)34-17-38-39(25(7)62-18-26-9-28(46(50,51)52)13-29(10-26)47(53,54)55)23(5)35(64-38)15-33-20(2)21(3)42(65-33)41-43-40(24(6)36(66-43)16-37(32)63-34)44(68)67(45(41)69)19-27-11-30(48(56,57)58)14-31(12-27)49(59,60)61/h9-17,20-22,25,32,62,64,66H,8,18-19H2,1-7H3/t20-,21-,22+,25?,32+/m0/s1. The molecule has 0 aliphatic carbocycles. The Bertz CT molecular complexity index is 3020. The number of nitrogens with one attached hydrogen (secondary N) is 3. The summed E-state index contributed by atoms with van der Waals surface area (Å²) in [5.74, 6) is -3.34. The molecule has 2 amide bonds. The Balaban J connectivity index is 1.33. The molecule has 8 bridgehead atoms. The zero-order chi connectivity index (χ0) is 50.6. The fourth-order valence-electron chi connectivity index (χ4n) is 9.71. The van der Waals surface area contributed by atoms with Crippen molar-refractivity contribution >= 4 is 33.9 Å². The topological polar surface area (TPSA) is 107 Å². The summed E-state index contributed by atoms with van der Waals surface area (Å²) in [7, 11) is 0. The minimum absolute atomic E-state index is 0.0195. The van der Waals surface area contributed by atoms with Crippen molar-refractivity contribution in [3.63, 3.8) is 0 Å². The number of fused-ring (bicyclic) bond motifs is 8. The van der Waals surface area contributed by atoms with Gasteiger partial charge in [0.1, 0.15) is 0 Å². The van der Waals surface area contributed by atoms with Crippen LogP contribution in [0.25, 0.3) is 22.1 Å². The molecule has 0 saturated carbocycles.